The van der Waals surface area contributed by atoms with Gasteiger partial charge in [-0.3, -0.25) is 0 Å². The Morgan fingerprint density at radius 3 is 3.07 bits per heavy atom. The highest BCUT2D eigenvalue weighted by Gasteiger charge is 2.06. The van der Waals surface area contributed by atoms with Crippen molar-refractivity contribution in [2.75, 3.05) is 0 Å². The van der Waals surface area contributed by atoms with Crippen LogP contribution in [0.25, 0.3) is 16.8 Å². The van der Waals surface area contributed by atoms with Gasteiger partial charge >= 0.3 is 0 Å². The van der Waals surface area contributed by atoms with Crippen molar-refractivity contribution < 1.29 is 4.42 Å². The van der Waals surface area contributed by atoms with Crippen molar-refractivity contribution >= 4 is 5.52 Å². The van der Waals surface area contributed by atoms with E-state index in [1.165, 1.54) is 0 Å². The first-order chi connectivity index (χ1) is 6.95. The van der Waals surface area contributed by atoms with Gasteiger partial charge in [-0.05, 0) is 18.2 Å². The van der Waals surface area contributed by atoms with Crippen LogP contribution in [0.5, 0.6) is 0 Å². The molecule has 0 aliphatic carbocycles. The summed E-state index contributed by atoms with van der Waals surface area (Å²) in [6.07, 6.45) is 7.14. The number of nitrogens with zero attached hydrogens (tertiary/aromatic N) is 2. The Hall–Kier alpha value is -2.03. The van der Waals surface area contributed by atoms with E-state index in [-0.39, 0.29) is 0 Å². The molecule has 0 aliphatic heterocycles. The summed E-state index contributed by atoms with van der Waals surface area (Å²) in [5.74, 6) is 0. The molecule has 14 heavy (non-hydrogen) atoms. The number of imidazole rings is 1. The number of pyridine rings is 1. The summed E-state index contributed by atoms with van der Waals surface area (Å²) in [6, 6.07) is 7.93. The fraction of sp³-hybridized carbons (Fsp3) is 0. The minimum atomic E-state index is 0.958. The Morgan fingerprint density at radius 1 is 1.21 bits per heavy atom. The molecule has 3 rings (SSSR count). The van der Waals surface area contributed by atoms with Crippen molar-refractivity contribution in [2.24, 2.45) is 0 Å². The third-order valence-corrected chi connectivity index (χ3v) is 2.24. The molecular weight excluding hydrogens is 176 g/mol. The van der Waals surface area contributed by atoms with Crippen molar-refractivity contribution in [2.45, 2.75) is 0 Å². The van der Waals surface area contributed by atoms with Gasteiger partial charge in [0.25, 0.3) is 0 Å². The lowest BCUT2D eigenvalue weighted by Gasteiger charge is -1.93. The summed E-state index contributed by atoms with van der Waals surface area (Å²) in [6.45, 7) is 0. The maximum atomic E-state index is 5.04. The van der Waals surface area contributed by atoms with Crippen LogP contribution in [0.3, 0.4) is 0 Å². The van der Waals surface area contributed by atoms with Gasteiger partial charge < -0.3 is 8.82 Å². The molecular formula is C11H8N2O. The van der Waals surface area contributed by atoms with Crippen LogP contribution >= 0.6 is 0 Å². The van der Waals surface area contributed by atoms with E-state index in [0.717, 1.165) is 16.8 Å². The van der Waals surface area contributed by atoms with Gasteiger partial charge in [0.2, 0.25) is 0 Å². The van der Waals surface area contributed by atoms with E-state index >= 15 is 0 Å². The lowest BCUT2D eigenvalue weighted by molar-refractivity contribution is 0.568. The van der Waals surface area contributed by atoms with Gasteiger partial charge in [0.15, 0.2) is 0 Å². The molecule has 0 radical (unpaired) electrons. The van der Waals surface area contributed by atoms with E-state index in [9.17, 15) is 0 Å². The van der Waals surface area contributed by atoms with Crippen molar-refractivity contribution in [3.05, 3.63) is 49.3 Å². The molecule has 0 unspecified atom stereocenters. The van der Waals surface area contributed by atoms with E-state index < -0.39 is 0 Å². The van der Waals surface area contributed by atoms with Crippen LogP contribution in [-0.2, 0) is 0 Å². The summed E-state index contributed by atoms with van der Waals surface area (Å²) >= 11 is 0. The van der Waals surface area contributed by atoms with Gasteiger partial charge in [-0.2, -0.15) is 0 Å². The molecule has 0 amide bonds. The molecule has 0 spiro atoms. The average Bonchev–Trinajstić information content (AvgIpc) is 2.85. The molecule has 0 bridgehead atoms. The fourth-order valence-electron chi connectivity index (χ4n) is 1.57. The molecule has 0 fully saturated rings. The molecule has 3 heterocycles. The fourth-order valence-corrected chi connectivity index (χ4v) is 1.57. The highest BCUT2D eigenvalue weighted by molar-refractivity contribution is 5.76. The summed E-state index contributed by atoms with van der Waals surface area (Å²) in [4.78, 5) is 4.34. The highest BCUT2D eigenvalue weighted by Crippen LogP contribution is 2.22. The second-order valence-corrected chi connectivity index (χ2v) is 3.10. The number of furan rings is 1. The Morgan fingerprint density at radius 2 is 2.21 bits per heavy atom. The number of hydrogen-bond acceptors (Lipinski definition) is 2. The van der Waals surface area contributed by atoms with Gasteiger partial charge in [0.1, 0.15) is 0 Å². The molecule has 3 heteroatoms. The Bertz CT molecular complexity index is 551. The first-order valence-electron chi connectivity index (χ1n) is 4.39. The molecule has 0 aromatic carbocycles. The first kappa shape index (κ1) is 7.38. The summed E-state index contributed by atoms with van der Waals surface area (Å²) < 4.78 is 7.03. The van der Waals surface area contributed by atoms with Crippen molar-refractivity contribution in [3.8, 4) is 11.3 Å². The lowest BCUT2D eigenvalue weighted by atomic mass is 10.2. The molecule has 3 nitrogen and oxygen atoms in total. The minimum Gasteiger partial charge on any atom is -0.472 e. The van der Waals surface area contributed by atoms with Crippen LogP contribution < -0.4 is 0 Å². The summed E-state index contributed by atoms with van der Waals surface area (Å²) in [5.41, 5.74) is 3.06. The predicted molar refractivity (Wildman–Crippen MR) is 52.9 cm³/mol. The molecule has 0 N–H and O–H groups in total. The Balaban J connectivity index is 2.33. The van der Waals surface area contributed by atoms with Crippen LogP contribution in [0.1, 0.15) is 0 Å². The van der Waals surface area contributed by atoms with Crippen LogP contribution in [-0.4, -0.2) is 9.38 Å². The molecule has 3 aromatic heterocycles. The summed E-state index contributed by atoms with van der Waals surface area (Å²) in [5, 5.41) is 0. The van der Waals surface area contributed by atoms with E-state index in [2.05, 4.69) is 4.98 Å². The molecule has 0 atom stereocenters. The van der Waals surface area contributed by atoms with E-state index in [1.807, 2.05) is 34.9 Å². The Kier molecular flexibility index (Phi) is 1.44. The molecule has 68 valence electrons. The molecule has 0 aliphatic rings. The second-order valence-electron chi connectivity index (χ2n) is 3.10. The SMILES string of the molecule is c1ccn2cnc(-c3ccoc3)c2c1. The van der Waals surface area contributed by atoms with E-state index in [4.69, 9.17) is 4.42 Å². The van der Waals surface area contributed by atoms with Crippen molar-refractivity contribution in [1.82, 2.24) is 9.38 Å². The van der Waals surface area contributed by atoms with Gasteiger partial charge in [-0.15, -0.1) is 0 Å². The van der Waals surface area contributed by atoms with Gasteiger partial charge in [-0.1, -0.05) is 6.07 Å². The van der Waals surface area contributed by atoms with Crippen molar-refractivity contribution in [3.63, 3.8) is 0 Å². The van der Waals surface area contributed by atoms with Gasteiger partial charge in [0.05, 0.1) is 30.1 Å². The molecule has 0 saturated heterocycles. The standard InChI is InChI=1S/C11H8N2O/c1-2-5-13-8-12-11(10(13)3-1)9-4-6-14-7-9/h1-8H. The zero-order valence-corrected chi connectivity index (χ0v) is 7.42. The smallest absolute Gasteiger partial charge is 0.0999 e. The Labute approximate surface area is 80.6 Å². The van der Waals surface area contributed by atoms with Crippen LogP contribution in [0.2, 0.25) is 0 Å². The number of hydrogen-bond donors (Lipinski definition) is 0. The number of fused-ring (bicyclic) bond motifs is 1. The van der Waals surface area contributed by atoms with Gasteiger partial charge in [-0.25, -0.2) is 4.98 Å². The zero-order chi connectivity index (χ0) is 9.38. The molecule has 3 aromatic rings. The molecule has 0 saturated carbocycles. The third-order valence-electron chi connectivity index (χ3n) is 2.24. The van der Waals surface area contributed by atoms with Crippen molar-refractivity contribution in [1.29, 1.82) is 0 Å². The van der Waals surface area contributed by atoms with Crippen LogP contribution in [0.4, 0.5) is 0 Å². The minimum absolute atomic E-state index is 0.958. The van der Waals surface area contributed by atoms with E-state index in [1.54, 1.807) is 18.9 Å². The number of rotatable bonds is 1. The average molecular weight is 184 g/mol. The monoisotopic (exact) mass is 184 g/mol. The summed E-state index contributed by atoms with van der Waals surface area (Å²) in [7, 11) is 0. The van der Waals surface area contributed by atoms with Crippen LogP contribution in [0.15, 0.2) is 53.7 Å². The normalized spacial score (nSPS) is 10.9. The quantitative estimate of drug-likeness (QED) is 0.582. The maximum Gasteiger partial charge on any atom is 0.0999 e. The maximum absolute atomic E-state index is 5.04. The highest BCUT2D eigenvalue weighted by atomic mass is 16.3. The lowest BCUT2D eigenvalue weighted by Crippen LogP contribution is -1.79. The van der Waals surface area contributed by atoms with Gasteiger partial charge in [0, 0.05) is 11.8 Å². The largest absolute Gasteiger partial charge is 0.472 e. The van der Waals surface area contributed by atoms with Crippen LogP contribution in [0, 0.1) is 0 Å². The first-order valence-corrected chi connectivity index (χ1v) is 4.39. The number of aromatic nitrogens is 2. The predicted octanol–water partition coefficient (Wildman–Crippen LogP) is 2.59. The topological polar surface area (TPSA) is 30.4 Å². The second kappa shape index (κ2) is 2.73. The third kappa shape index (κ3) is 0.956. The zero-order valence-electron chi connectivity index (χ0n) is 7.42. The van der Waals surface area contributed by atoms with E-state index in [0.29, 0.717) is 0 Å².